The third-order valence-electron chi connectivity index (χ3n) is 3.81. The summed E-state index contributed by atoms with van der Waals surface area (Å²) in [6.07, 6.45) is 2.02. The van der Waals surface area contributed by atoms with Gasteiger partial charge in [0.2, 0.25) is 0 Å². The molecule has 0 spiro atoms. The molecule has 3 nitrogen and oxygen atoms in total. The molecule has 2 aromatic carbocycles. The molecule has 1 aromatic heterocycles. The lowest BCUT2D eigenvalue weighted by Gasteiger charge is -2.19. The highest BCUT2D eigenvalue weighted by Gasteiger charge is 2.14. The van der Waals surface area contributed by atoms with Crippen molar-refractivity contribution in [1.29, 1.82) is 0 Å². The maximum Gasteiger partial charge on any atom is 0.255 e. The molecule has 3 aromatic rings. The molecule has 24 heavy (non-hydrogen) atoms. The molecule has 1 heterocycles. The van der Waals surface area contributed by atoms with Crippen LogP contribution in [0.4, 0.5) is 5.69 Å². The SMILES string of the molecule is CSc1nc2ccc(NC(=O)c3ccc(C(C)(C)C)cc3)cc2s1. The number of carbonyl (C=O) groups is 1. The molecule has 0 radical (unpaired) electrons. The third kappa shape index (κ3) is 3.62. The van der Waals surface area contributed by atoms with Gasteiger partial charge < -0.3 is 5.32 Å². The first-order valence-corrected chi connectivity index (χ1v) is 9.77. The minimum atomic E-state index is -0.0931. The van der Waals surface area contributed by atoms with E-state index in [4.69, 9.17) is 0 Å². The van der Waals surface area contributed by atoms with Gasteiger partial charge in [-0.3, -0.25) is 4.79 Å². The van der Waals surface area contributed by atoms with E-state index in [-0.39, 0.29) is 11.3 Å². The molecule has 0 aliphatic carbocycles. The fourth-order valence-corrected chi connectivity index (χ4v) is 3.92. The second-order valence-electron chi connectivity index (χ2n) is 6.65. The van der Waals surface area contributed by atoms with Crippen LogP contribution in [0.5, 0.6) is 0 Å². The standard InChI is InChI=1S/C19H20N2OS2/c1-19(2,3)13-7-5-12(6-8-13)17(22)20-14-9-10-15-16(11-14)24-18(21-15)23-4/h5-11H,1-4H3,(H,20,22). The summed E-state index contributed by atoms with van der Waals surface area (Å²) >= 11 is 3.27. The summed E-state index contributed by atoms with van der Waals surface area (Å²) < 4.78 is 2.12. The van der Waals surface area contributed by atoms with Crippen LogP contribution in [-0.4, -0.2) is 17.1 Å². The molecule has 0 saturated heterocycles. The molecule has 3 rings (SSSR count). The van der Waals surface area contributed by atoms with Crippen molar-refractivity contribution in [2.45, 2.75) is 30.5 Å². The van der Waals surface area contributed by atoms with Crippen LogP contribution in [0.1, 0.15) is 36.7 Å². The molecule has 124 valence electrons. The van der Waals surface area contributed by atoms with E-state index < -0.39 is 0 Å². The monoisotopic (exact) mass is 356 g/mol. The largest absolute Gasteiger partial charge is 0.322 e. The lowest BCUT2D eigenvalue weighted by atomic mass is 9.87. The van der Waals surface area contributed by atoms with Gasteiger partial charge in [0.05, 0.1) is 10.2 Å². The Morgan fingerprint density at radius 3 is 2.46 bits per heavy atom. The second-order valence-corrected chi connectivity index (χ2v) is 8.73. The predicted octanol–water partition coefficient (Wildman–Crippen LogP) is 5.57. The summed E-state index contributed by atoms with van der Waals surface area (Å²) in [7, 11) is 0. The lowest BCUT2D eigenvalue weighted by Crippen LogP contribution is -2.14. The number of benzene rings is 2. The van der Waals surface area contributed by atoms with Gasteiger partial charge >= 0.3 is 0 Å². The Bertz CT molecular complexity index is 877. The van der Waals surface area contributed by atoms with Gasteiger partial charge in [-0.15, -0.1) is 11.3 Å². The van der Waals surface area contributed by atoms with Crippen molar-refractivity contribution in [2.24, 2.45) is 0 Å². The van der Waals surface area contributed by atoms with Gasteiger partial charge in [0.15, 0.2) is 4.34 Å². The minimum absolute atomic E-state index is 0.0845. The highest BCUT2D eigenvalue weighted by Crippen LogP contribution is 2.30. The fourth-order valence-electron chi connectivity index (χ4n) is 2.39. The Labute approximate surface area is 150 Å². The van der Waals surface area contributed by atoms with E-state index in [0.717, 1.165) is 20.2 Å². The maximum absolute atomic E-state index is 12.4. The van der Waals surface area contributed by atoms with Crippen molar-refractivity contribution in [3.63, 3.8) is 0 Å². The normalized spacial score (nSPS) is 11.7. The number of fused-ring (bicyclic) bond motifs is 1. The van der Waals surface area contributed by atoms with Crippen LogP contribution < -0.4 is 5.32 Å². The Hall–Kier alpha value is -1.85. The molecule has 0 aliphatic rings. The first-order chi connectivity index (χ1) is 11.4. The topological polar surface area (TPSA) is 42.0 Å². The average molecular weight is 357 g/mol. The van der Waals surface area contributed by atoms with Crippen molar-refractivity contribution in [3.8, 4) is 0 Å². The molecule has 0 fully saturated rings. The first-order valence-electron chi connectivity index (χ1n) is 7.73. The lowest BCUT2D eigenvalue weighted by molar-refractivity contribution is 0.102. The third-order valence-corrected chi connectivity index (χ3v) is 5.82. The van der Waals surface area contributed by atoms with E-state index in [1.807, 2.05) is 48.7 Å². The van der Waals surface area contributed by atoms with Gasteiger partial charge in [0, 0.05) is 11.3 Å². The highest BCUT2D eigenvalue weighted by molar-refractivity contribution is 8.00. The van der Waals surface area contributed by atoms with Gasteiger partial charge in [0.25, 0.3) is 5.91 Å². The number of carbonyl (C=O) groups excluding carboxylic acids is 1. The van der Waals surface area contributed by atoms with Gasteiger partial charge in [-0.1, -0.05) is 44.7 Å². The summed E-state index contributed by atoms with van der Waals surface area (Å²) in [4.78, 5) is 17.0. The van der Waals surface area contributed by atoms with Crippen molar-refractivity contribution in [3.05, 3.63) is 53.6 Å². The summed E-state index contributed by atoms with van der Waals surface area (Å²) in [5, 5.41) is 2.97. The van der Waals surface area contributed by atoms with Crippen LogP contribution in [0.15, 0.2) is 46.8 Å². The van der Waals surface area contributed by atoms with Crippen molar-refractivity contribution in [1.82, 2.24) is 4.98 Å². The maximum atomic E-state index is 12.4. The highest BCUT2D eigenvalue weighted by atomic mass is 32.2. The van der Waals surface area contributed by atoms with Gasteiger partial charge in [-0.25, -0.2) is 4.98 Å². The van der Waals surface area contributed by atoms with E-state index >= 15 is 0 Å². The number of nitrogens with zero attached hydrogens (tertiary/aromatic N) is 1. The Morgan fingerprint density at radius 1 is 1.12 bits per heavy atom. The molecule has 0 aliphatic heterocycles. The zero-order valence-electron chi connectivity index (χ0n) is 14.2. The van der Waals surface area contributed by atoms with Crippen LogP contribution in [0.25, 0.3) is 10.2 Å². The van der Waals surface area contributed by atoms with Crippen molar-refractivity contribution < 1.29 is 4.79 Å². The summed E-state index contributed by atoms with van der Waals surface area (Å²) in [6, 6.07) is 13.6. The number of thioether (sulfide) groups is 1. The average Bonchev–Trinajstić information content (AvgIpc) is 2.96. The Balaban J connectivity index is 1.79. The summed E-state index contributed by atoms with van der Waals surface area (Å²) in [5.41, 5.74) is 3.73. The first kappa shape index (κ1) is 17.0. The predicted molar refractivity (Wildman–Crippen MR) is 104 cm³/mol. The number of rotatable bonds is 3. The Kier molecular flexibility index (Phi) is 4.65. The molecule has 0 atom stereocenters. The number of hydrogen-bond acceptors (Lipinski definition) is 4. The number of nitrogens with one attached hydrogen (secondary N) is 1. The minimum Gasteiger partial charge on any atom is -0.322 e. The van der Waals surface area contributed by atoms with E-state index in [1.165, 1.54) is 5.56 Å². The molecule has 1 N–H and O–H groups in total. The van der Waals surface area contributed by atoms with E-state index in [0.29, 0.717) is 5.56 Å². The zero-order chi connectivity index (χ0) is 17.3. The number of aromatic nitrogens is 1. The Morgan fingerprint density at radius 2 is 1.83 bits per heavy atom. The van der Waals surface area contributed by atoms with Crippen molar-refractivity contribution >= 4 is 44.9 Å². The second kappa shape index (κ2) is 6.57. The molecular weight excluding hydrogens is 336 g/mol. The van der Waals surface area contributed by atoms with Crippen LogP contribution in [-0.2, 0) is 5.41 Å². The summed E-state index contributed by atoms with van der Waals surface area (Å²) in [5.74, 6) is -0.0931. The smallest absolute Gasteiger partial charge is 0.255 e. The zero-order valence-corrected chi connectivity index (χ0v) is 15.8. The van der Waals surface area contributed by atoms with Crippen LogP contribution >= 0.6 is 23.1 Å². The van der Waals surface area contributed by atoms with Gasteiger partial charge in [0.1, 0.15) is 0 Å². The number of hydrogen-bond donors (Lipinski definition) is 1. The molecule has 0 bridgehead atoms. The summed E-state index contributed by atoms with van der Waals surface area (Å²) in [6.45, 7) is 6.49. The molecule has 0 unspecified atom stereocenters. The number of thiazole rings is 1. The molecule has 1 amide bonds. The quantitative estimate of drug-likeness (QED) is 0.624. The van der Waals surface area contributed by atoms with Crippen LogP contribution in [0.3, 0.4) is 0 Å². The fraction of sp³-hybridized carbons (Fsp3) is 0.263. The van der Waals surface area contributed by atoms with Crippen LogP contribution in [0, 0.1) is 0 Å². The van der Waals surface area contributed by atoms with E-state index in [1.54, 1.807) is 23.1 Å². The number of amides is 1. The van der Waals surface area contributed by atoms with Gasteiger partial charge in [-0.05, 0) is 47.6 Å². The van der Waals surface area contributed by atoms with Gasteiger partial charge in [-0.2, -0.15) is 0 Å². The number of anilines is 1. The van der Waals surface area contributed by atoms with E-state index in [2.05, 4.69) is 31.1 Å². The molecule has 0 saturated carbocycles. The van der Waals surface area contributed by atoms with Crippen molar-refractivity contribution in [2.75, 3.05) is 11.6 Å². The van der Waals surface area contributed by atoms with E-state index in [9.17, 15) is 4.79 Å². The van der Waals surface area contributed by atoms with Crippen LogP contribution in [0.2, 0.25) is 0 Å². The molecule has 5 heteroatoms. The molecular formula is C19H20N2OS2.